The van der Waals surface area contributed by atoms with E-state index in [1.807, 2.05) is 22.7 Å². The van der Waals surface area contributed by atoms with Crippen LogP contribution in [0, 0.1) is 0 Å². The fourth-order valence-corrected chi connectivity index (χ4v) is 14.3. The summed E-state index contributed by atoms with van der Waals surface area (Å²) in [4.78, 5) is 2.52. The third-order valence-corrected chi connectivity index (χ3v) is 17.2. The lowest BCUT2D eigenvalue weighted by molar-refractivity contribution is 1.30. The Balaban J connectivity index is 1.14. The molecule has 0 unspecified atom stereocenters. The maximum atomic E-state index is 2.54. The molecule has 52 heavy (non-hydrogen) atoms. The summed E-state index contributed by atoms with van der Waals surface area (Å²) in [5.74, 6) is 0. The van der Waals surface area contributed by atoms with Crippen molar-refractivity contribution in [3.05, 3.63) is 164 Å². The van der Waals surface area contributed by atoms with Crippen molar-refractivity contribution in [2.45, 2.75) is 13.1 Å². The predicted octanol–water partition coefficient (Wildman–Crippen LogP) is 13.5. The van der Waals surface area contributed by atoms with Crippen LogP contribution >= 0.6 is 22.7 Å². The number of anilines is 3. The second-order valence-corrected chi connectivity index (χ2v) is 20.9. The first-order valence-corrected chi connectivity index (χ1v) is 22.6. The van der Waals surface area contributed by atoms with Crippen molar-refractivity contribution in [2.24, 2.45) is 0 Å². The predicted molar refractivity (Wildman–Crippen MR) is 232 cm³/mol. The van der Waals surface area contributed by atoms with Crippen LogP contribution in [0.3, 0.4) is 0 Å². The molecule has 4 heteroatoms. The zero-order chi connectivity index (χ0) is 34.6. The van der Waals surface area contributed by atoms with Crippen molar-refractivity contribution >= 4 is 109 Å². The van der Waals surface area contributed by atoms with Crippen LogP contribution in [0.15, 0.2) is 164 Å². The molecule has 0 radical (unpaired) electrons. The summed E-state index contributed by atoms with van der Waals surface area (Å²) in [6, 6.07) is 61.3. The smallest absolute Gasteiger partial charge is 0.114 e. The number of benzene rings is 8. The Bertz CT molecular complexity index is 3080. The van der Waals surface area contributed by atoms with Crippen molar-refractivity contribution in [2.75, 3.05) is 4.90 Å². The minimum atomic E-state index is -2.01. The highest BCUT2D eigenvalue weighted by Gasteiger charge is 2.39. The fraction of sp³-hybridized carbons (Fsp3) is 0.0417. The lowest BCUT2D eigenvalue weighted by Gasteiger charge is -2.28. The van der Waals surface area contributed by atoms with Gasteiger partial charge in [-0.15, -0.1) is 22.7 Å². The average Bonchev–Trinajstić information content (AvgIpc) is 3.83. The van der Waals surface area contributed by atoms with Crippen LogP contribution < -0.4 is 15.3 Å². The molecular formula is C48H33NS2Si. The monoisotopic (exact) mass is 715 g/mol. The Hall–Kier alpha value is -5.52. The first kappa shape index (κ1) is 30.1. The Morgan fingerprint density at radius 2 is 1.10 bits per heavy atom. The molecule has 0 N–H and O–H groups in total. The molecule has 1 aliphatic heterocycles. The van der Waals surface area contributed by atoms with Gasteiger partial charge in [-0.25, -0.2) is 0 Å². The maximum Gasteiger partial charge on any atom is 0.114 e. The fourth-order valence-electron chi connectivity index (χ4n) is 8.66. The van der Waals surface area contributed by atoms with Crippen LogP contribution in [-0.2, 0) is 0 Å². The van der Waals surface area contributed by atoms with Crippen LogP contribution in [0.4, 0.5) is 17.1 Å². The highest BCUT2D eigenvalue weighted by atomic mass is 32.1. The van der Waals surface area contributed by atoms with E-state index in [0.29, 0.717) is 0 Å². The van der Waals surface area contributed by atoms with Crippen molar-refractivity contribution in [3.8, 4) is 22.3 Å². The molecular weight excluding hydrogens is 683 g/mol. The van der Waals surface area contributed by atoms with Gasteiger partial charge in [0.1, 0.15) is 8.07 Å². The molecule has 10 aromatic rings. The third kappa shape index (κ3) is 4.38. The van der Waals surface area contributed by atoms with E-state index in [4.69, 9.17) is 0 Å². The molecule has 2 aromatic heterocycles. The molecule has 1 aliphatic rings. The molecule has 0 bridgehead atoms. The van der Waals surface area contributed by atoms with Gasteiger partial charge in [0.15, 0.2) is 0 Å². The maximum absolute atomic E-state index is 2.54. The van der Waals surface area contributed by atoms with Crippen molar-refractivity contribution in [1.82, 2.24) is 0 Å². The van der Waals surface area contributed by atoms with Gasteiger partial charge in [-0.2, -0.15) is 0 Å². The molecule has 1 nitrogen and oxygen atoms in total. The van der Waals surface area contributed by atoms with Gasteiger partial charge in [0.25, 0.3) is 0 Å². The van der Waals surface area contributed by atoms with Crippen LogP contribution in [0.1, 0.15) is 0 Å². The standard InChI is InChI=1S/C48H33NS2Si/c1-52(2)44-26-25-39-37-16-6-8-20-43(37)51-48(39)46(44)40-24-23-35(29-45(40)52)49(41-18-10-17-38-36-15-5-7-19-42(36)50-47(38)41)34-14-9-13-32(28-34)33-22-21-30-11-3-4-12-31(30)27-33/h3-29H,1-2H3. The van der Waals surface area contributed by atoms with E-state index in [9.17, 15) is 0 Å². The summed E-state index contributed by atoms with van der Waals surface area (Å²) < 4.78 is 5.43. The topological polar surface area (TPSA) is 3.24 Å². The third-order valence-electron chi connectivity index (χ3n) is 11.2. The SMILES string of the molecule is C[Si]1(C)c2cc(N(c3cccc(-c4ccc5ccccc5c4)c3)c3cccc4c3sc3ccccc34)ccc2-c2c1ccc1c2sc2ccccc21. The highest BCUT2D eigenvalue weighted by Crippen LogP contribution is 2.47. The van der Waals surface area contributed by atoms with Gasteiger partial charge >= 0.3 is 0 Å². The summed E-state index contributed by atoms with van der Waals surface area (Å²) in [5, 5.41) is 11.0. The van der Waals surface area contributed by atoms with E-state index < -0.39 is 8.07 Å². The minimum absolute atomic E-state index is 1.16. The molecule has 0 saturated carbocycles. The molecule has 11 rings (SSSR count). The Kier molecular flexibility index (Phi) is 6.51. The average molecular weight is 716 g/mol. The molecule has 246 valence electrons. The summed E-state index contributed by atoms with van der Waals surface area (Å²) in [7, 11) is -2.01. The van der Waals surface area contributed by atoms with Crippen molar-refractivity contribution in [1.29, 1.82) is 0 Å². The Morgan fingerprint density at radius 1 is 0.442 bits per heavy atom. The second kappa shape index (κ2) is 11.2. The second-order valence-electron chi connectivity index (χ2n) is 14.5. The van der Waals surface area contributed by atoms with Gasteiger partial charge in [-0.1, -0.05) is 128 Å². The molecule has 0 aliphatic carbocycles. The minimum Gasteiger partial charge on any atom is -0.309 e. The van der Waals surface area contributed by atoms with E-state index >= 15 is 0 Å². The summed E-state index contributed by atoms with van der Waals surface area (Å²) in [6.45, 7) is 5.08. The number of thiophene rings is 2. The van der Waals surface area contributed by atoms with Crippen LogP contribution in [-0.4, -0.2) is 8.07 Å². The van der Waals surface area contributed by atoms with Gasteiger partial charge in [0, 0.05) is 47.0 Å². The lowest BCUT2D eigenvalue weighted by Crippen LogP contribution is -2.49. The number of hydrogen-bond donors (Lipinski definition) is 0. The Morgan fingerprint density at radius 3 is 1.92 bits per heavy atom. The normalized spacial score (nSPS) is 13.3. The van der Waals surface area contributed by atoms with Crippen LogP contribution in [0.25, 0.3) is 73.4 Å². The molecule has 3 heterocycles. The van der Waals surface area contributed by atoms with E-state index in [0.717, 1.165) is 5.69 Å². The van der Waals surface area contributed by atoms with Gasteiger partial charge < -0.3 is 4.90 Å². The van der Waals surface area contributed by atoms with Gasteiger partial charge in [0.05, 0.1) is 10.4 Å². The largest absolute Gasteiger partial charge is 0.309 e. The number of rotatable bonds is 4. The molecule has 0 fully saturated rings. The quantitative estimate of drug-likeness (QED) is 0.164. The first-order valence-electron chi connectivity index (χ1n) is 17.9. The van der Waals surface area contributed by atoms with E-state index in [-0.39, 0.29) is 0 Å². The van der Waals surface area contributed by atoms with Gasteiger partial charge in [0.2, 0.25) is 0 Å². The lowest BCUT2D eigenvalue weighted by atomic mass is 10.00. The van der Waals surface area contributed by atoms with E-state index in [2.05, 4.69) is 182 Å². The molecule has 0 amide bonds. The van der Waals surface area contributed by atoms with E-state index in [1.54, 1.807) is 5.19 Å². The number of nitrogens with zero attached hydrogens (tertiary/aromatic N) is 1. The van der Waals surface area contributed by atoms with Crippen molar-refractivity contribution < 1.29 is 0 Å². The van der Waals surface area contributed by atoms with Gasteiger partial charge in [-0.05, 0) is 91.9 Å². The summed E-state index contributed by atoms with van der Waals surface area (Å²) in [6.07, 6.45) is 0. The molecule has 0 spiro atoms. The van der Waals surface area contributed by atoms with Gasteiger partial charge in [-0.3, -0.25) is 0 Å². The summed E-state index contributed by atoms with van der Waals surface area (Å²) in [5.41, 5.74) is 8.91. The zero-order valence-corrected chi connectivity index (χ0v) is 31.5. The Labute approximate surface area is 311 Å². The van der Waals surface area contributed by atoms with Crippen LogP contribution in [0.5, 0.6) is 0 Å². The highest BCUT2D eigenvalue weighted by molar-refractivity contribution is 7.27. The molecule has 0 atom stereocenters. The summed E-state index contributed by atoms with van der Waals surface area (Å²) >= 11 is 3.85. The van der Waals surface area contributed by atoms with Crippen LogP contribution in [0.2, 0.25) is 13.1 Å². The first-order chi connectivity index (χ1) is 25.5. The number of hydrogen-bond acceptors (Lipinski definition) is 3. The number of fused-ring (bicyclic) bond motifs is 11. The molecule has 0 saturated heterocycles. The zero-order valence-electron chi connectivity index (χ0n) is 28.9. The molecule has 8 aromatic carbocycles. The van der Waals surface area contributed by atoms with E-state index in [1.165, 1.54) is 89.9 Å². The van der Waals surface area contributed by atoms with Crippen molar-refractivity contribution in [3.63, 3.8) is 0 Å².